The molecule has 3 aromatic rings. The van der Waals surface area contributed by atoms with Crippen molar-refractivity contribution in [2.75, 3.05) is 17.3 Å². The summed E-state index contributed by atoms with van der Waals surface area (Å²) in [6, 6.07) is 4.22. The molecule has 0 bridgehead atoms. The Bertz CT molecular complexity index is 1280. The lowest BCUT2D eigenvalue weighted by atomic mass is 10.0. The van der Waals surface area contributed by atoms with Crippen molar-refractivity contribution in [3.05, 3.63) is 47.4 Å². The maximum Gasteiger partial charge on any atom is 0.338 e. The maximum atomic E-state index is 14.3. The fraction of sp³-hybridized carbons (Fsp3) is 0.318. The Morgan fingerprint density at radius 1 is 1.39 bits per heavy atom. The lowest BCUT2D eigenvalue weighted by Crippen LogP contribution is -2.40. The van der Waals surface area contributed by atoms with Crippen molar-refractivity contribution in [1.82, 2.24) is 19.5 Å². The minimum Gasteiger partial charge on any atom is -0.495 e. The van der Waals surface area contributed by atoms with Gasteiger partial charge in [-0.05, 0) is 26.3 Å². The zero-order chi connectivity index (χ0) is 23.9. The van der Waals surface area contributed by atoms with E-state index in [9.17, 15) is 14.4 Å². The van der Waals surface area contributed by atoms with E-state index < -0.39 is 17.3 Å². The molecule has 11 heteroatoms. The van der Waals surface area contributed by atoms with Gasteiger partial charge in [-0.2, -0.15) is 10.2 Å². The van der Waals surface area contributed by atoms with Gasteiger partial charge < -0.3 is 20.1 Å². The van der Waals surface area contributed by atoms with E-state index in [1.807, 2.05) is 25.3 Å². The minimum absolute atomic E-state index is 0.0495. The van der Waals surface area contributed by atoms with Crippen LogP contribution in [0.3, 0.4) is 0 Å². The number of methoxy groups -OCH3 is 1. The maximum absolute atomic E-state index is 14.3. The molecule has 10 nitrogen and oxygen atoms in total. The van der Waals surface area contributed by atoms with Gasteiger partial charge in [0.25, 0.3) is 0 Å². The number of nitrogens with one attached hydrogen (secondary N) is 1. The van der Waals surface area contributed by atoms with Crippen LogP contribution in [0.2, 0.25) is 0 Å². The zero-order valence-electron chi connectivity index (χ0n) is 18.5. The number of ether oxygens (including phenoxy) is 1. The Kier molecular flexibility index (Phi) is 5.59. The number of nitrogens with zero attached hydrogens (tertiary/aromatic N) is 6. The molecule has 0 saturated carbocycles. The summed E-state index contributed by atoms with van der Waals surface area (Å²) in [7, 11) is 1.36. The van der Waals surface area contributed by atoms with E-state index in [2.05, 4.69) is 31.2 Å². The third-order valence-corrected chi connectivity index (χ3v) is 5.52. The molecular weight excluding hydrogens is 429 g/mol. The molecule has 33 heavy (non-hydrogen) atoms. The number of anilines is 3. The first-order chi connectivity index (χ1) is 15.8. The third kappa shape index (κ3) is 3.59. The first-order valence-corrected chi connectivity index (χ1v) is 10.3. The molecule has 0 aliphatic carbocycles. The largest absolute Gasteiger partial charge is 0.495 e. The van der Waals surface area contributed by atoms with Gasteiger partial charge in [-0.1, -0.05) is 6.92 Å². The summed E-state index contributed by atoms with van der Waals surface area (Å²) in [6.07, 6.45) is 3.92. The van der Waals surface area contributed by atoms with Gasteiger partial charge in [0.2, 0.25) is 5.95 Å². The van der Waals surface area contributed by atoms with E-state index in [0.29, 0.717) is 17.2 Å². The fourth-order valence-corrected chi connectivity index (χ4v) is 4.12. The van der Waals surface area contributed by atoms with E-state index in [1.54, 1.807) is 12.5 Å². The highest BCUT2D eigenvalue weighted by Crippen LogP contribution is 2.42. The molecule has 0 radical (unpaired) electrons. The number of carboxylic acid groups (broad SMARTS) is 1. The summed E-state index contributed by atoms with van der Waals surface area (Å²) >= 11 is 0. The van der Waals surface area contributed by atoms with Gasteiger partial charge in [0.15, 0.2) is 11.5 Å². The van der Waals surface area contributed by atoms with Crippen molar-refractivity contribution in [2.24, 2.45) is 0 Å². The van der Waals surface area contributed by atoms with Crippen LogP contribution in [0.4, 0.5) is 21.8 Å². The summed E-state index contributed by atoms with van der Waals surface area (Å²) in [6.45, 7) is 6.09. The minimum atomic E-state index is -1.39. The average molecular weight is 451 g/mol. The Balaban J connectivity index is 1.82. The number of fused-ring (bicyclic) bond motifs is 3. The molecule has 0 spiro atoms. The summed E-state index contributed by atoms with van der Waals surface area (Å²) < 4.78 is 21.4. The van der Waals surface area contributed by atoms with Gasteiger partial charge in [-0.25, -0.2) is 19.2 Å². The lowest BCUT2D eigenvalue weighted by molar-refractivity contribution is 0.0691. The summed E-state index contributed by atoms with van der Waals surface area (Å²) in [5.41, 5.74) is 1.51. The summed E-state index contributed by atoms with van der Waals surface area (Å²) in [5, 5.41) is 21.6. The molecule has 3 heterocycles. The number of aromatic nitrogens is 4. The van der Waals surface area contributed by atoms with Crippen molar-refractivity contribution in [1.29, 1.82) is 5.26 Å². The molecule has 170 valence electrons. The second-order valence-corrected chi connectivity index (χ2v) is 7.75. The Morgan fingerprint density at radius 2 is 2.15 bits per heavy atom. The van der Waals surface area contributed by atoms with E-state index in [1.165, 1.54) is 7.11 Å². The van der Waals surface area contributed by atoms with Crippen LogP contribution in [-0.2, 0) is 0 Å². The molecule has 0 amide bonds. The van der Waals surface area contributed by atoms with E-state index in [0.717, 1.165) is 24.2 Å². The van der Waals surface area contributed by atoms with Crippen LogP contribution < -0.4 is 15.0 Å². The molecule has 0 unspecified atom stereocenters. The van der Waals surface area contributed by atoms with Crippen LogP contribution in [0.1, 0.15) is 55.0 Å². The van der Waals surface area contributed by atoms with Crippen LogP contribution in [0.5, 0.6) is 5.75 Å². The highest BCUT2D eigenvalue weighted by molar-refractivity contribution is 5.89. The highest BCUT2D eigenvalue weighted by atomic mass is 19.1. The first-order valence-electron chi connectivity index (χ1n) is 10.3. The molecule has 4 rings (SSSR count). The van der Waals surface area contributed by atoms with Crippen molar-refractivity contribution in [3.63, 3.8) is 0 Å². The van der Waals surface area contributed by atoms with Crippen LogP contribution in [0.15, 0.2) is 24.7 Å². The first kappa shape index (κ1) is 22.0. The third-order valence-electron chi connectivity index (χ3n) is 5.52. The lowest BCUT2D eigenvalue weighted by Gasteiger charge is -2.40. The van der Waals surface area contributed by atoms with Gasteiger partial charge in [0.1, 0.15) is 29.7 Å². The monoisotopic (exact) mass is 451 g/mol. The molecule has 1 aromatic carbocycles. The number of imidazole rings is 1. The topological polar surface area (TPSA) is 129 Å². The van der Waals surface area contributed by atoms with Crippen molar-refractivity contribution >= 4 is 23.4 Å². The zero-order valence-corrected chi connectivity index (χ0v) is 18.5. The van der Waals surface area contributed by atoms with Gasteiger partial charge in [0.05, 0.1) is 36.3 Å². The number of aromatic carboxylic acids is 1. The number of hydrogen-bond donors (Lipinski definition) is 2. The van der Waals surface area contributed by atoms with Crippen molar-refractivity contribution in [3.8, 4) is 17.5 Å². The Hall–Kier alpha value is -4.20. The van der Waals surface area contributed by atoms with E-state index in [4.69, 9.17) is 9.84 Å². The SMILES string of the molecule is CC[C@@H]1c2c(C#N)ncn2-c2cnc(Nc3cc(F)c(C(=O)O)cc3OC)nc2N1C(C)C. The second-order valence-electron chi connectivity index (χ2n) is 7.75. The van der Waals surface area contributed by atoms with Gasteiger partial charge in [-0.3, -0.25) is 4.57 Å². The summed E-state index contributed by atoms with van der Waals surface area (Å²) in [5.74, 6) is -1.36. The number of carbonyl (C=O) groups is 1. The second kappa shape index (κ2) is 8.38. The molecular formula is C22H22FN7O3. The summed E-state index contributed by atoms with van der Waals surface area (Å²) in [4.78, 5) is 26.6. The Labute approximate surface area is 189 Å². The fourth-order valence-electron chi connectivity index (χ4n) is 4.12. The van der Waals surface area contributed by atoms with Crippen LogP contribution in [0.25, 0.3) is 5.69 Å². The number of halogens is 1. The normalized spacial score (nSPS) is 14.5. The number of benzene rings is 1. The average Bonchev–Trinajstić information content (AvgIpc) is 3.21. The van der Waals surface area contributed by atoms with E-state index in [-0.39, 0.29) is 29.5 Å². The predicted molar refractivity (Wildman–Crippen MR) is 118 cm³/mol. The van der Waals surface area contributed by atoms with Gasteiger partial charge in [0, 0.05) is 12.1 Å². The highest BCUT2D eigenvalue weighted by Gasteiger charge is 2.36. The molecule has 0 saturated heterocycles. The van der Waals surface area contributed by atoms with Crippen LogP contribution in [-0.4, -0.2) is 43.7 Å². The van der Waals surface area contributed by atoms with Gasteiger partial charge in [-0.15, -0.1) is 0 Å². The standard InChI is InChI=1S/C22H22FN7O3/c1-5-16-19-15(8-24)26-10-29(19)17-9-25-22(28-20(17)30(16)11(2)3)27-14-7-13(23)12(21(31)32)6-18(14)33-4/h6-7,9-11,16H,5H2,1-4H3,(H,31,32)(H,25,27,28)/t16-/m1/s1. The predicted octanol–water partition coefficient (Wildman–Crippen LogP) is 3.80. The molecule has 1 aliphatic heterocycles. The molecule has 2 N–H and O–H groups in total. The number of hydrogen-bond acceptors (Lipinski definition) is 8. The molecule has 1 atom stereocenters. The van der Waals surface area contributed by atoms with Crippen LogP contribution >= 0.6 is 0 Å². The number of nitriles is 1. The van der Waals surface area contributed by atoms with Crippen LogP contribution in [0, 0.1) is 17.1 Å². The molecule has 1 aliphatic rings. The molecule has 0 fully saturated rings. The number of carboxylic acids is 1. The van der Waals surface area contributed by atoms with Crippen molar-refractivity contribution in [2.45, 2.75) is 39.3 Å². The molecule has 2 aromatic heterocycles. The smallest absolute Gasteiger partial charge is 0.338 e. The van der Waals surface area contributed by atoms with E-state index >= 15 is 0 Å². The quantitative estimate of drug-likeness (QED) is 0.575. The Morgan fingerprint density at radius 3 is 2.76 bits per heavy atom. The van der Waals surface area contributed by atoms with Crippen molar-refractivity contribution < 1.29 is 19.0 Å². The van der Waals surface area contributed by atoms with Gasteiger partial charge >= 0.3 is 5.97 Å². The number of rotatable bonds is 6.